The third kappa shape index (κ3) is 3.33. The highest BCUT2D eigenvalue weighted by Crippen LogP contribution is 2.33. The lowest BCUT2D eigenvalue weighted by atomic mass is 10.2. The zero-order valence-electron chi connectivity index (χ0n) is 10.2. The van der Waals surface area contributed by atoms with Crippen LogP contribution in [0.3, 0.4) is 0 Å². The van der Waals surface area contributed by atoms with Gasteiger partial charge in [0.05, 0.1) is 19.2 Å². The van der Waals surface area contributed by atoms with Gasteiger partial charge in [0.15, 0.2) is 11.6 Å². The van der Waals surface area contributed by atoms with Gasteiger partial charge in [-0.3, -0.25) is 0 Å². The highest BCUT2D eigenvalue weighted by Gasteiger charge is 2.15. The molecule has 0 aliphatic carbocycles. The van der Waals surface area contributed by atoms with Crippen LogP contribution in [-0.2, 0) is 0 Å². The van der Waals surface area contributed by atoms with Crippen molar-refractivity contribution in [2.45, 2.75) is 0 Å². The Morgan fingerprint density at radius 1 is 1.33 bits per heavy atom. The number of nitriles is 1. The van der Waals surface area contributed by atoms with Crippen LogP contribution < -0.4 is 4.74 Å². The first-order valence-electron chi connectivity index (χ1n) is 5.53. The van der Waals surface area contributed by atoms with E-state index in [0.717, 1.165) is 0 Å². The van der Waals surface area contributed by atoms with Gasteiger partial charge >= 0.3 is 5.97 Å². The second-order valence-electron chi connectivity index (χ2n) is 3.90. The van der Waals surface area contributed by atoms with E-state index >= 15 is 0 Å². The molecular formula is C14H6BrFINO3. The molecule has 0 unspecified atom stereocenters. The second kappa shape index (κ2) is 6.41. The van der Waals surface area contributed by atoms with Gasteiger partial charge in [-0.15, -0.1) is 0 Å². The summed E-state index contributed by atoms with van der Waals surface area (Å²) in [6.45, 7) is 0. The molecule has 0 radical (unpaired) electrons. The van der Waals surface area contributed by atoms with Crippen molar-refractivity contribution in [2.75, 3.05) is 0 Å². The number of carbonyl (C=O) groups is 1. The van der Waals surface area contributed by atoms with E-state index in [4.69, 9.17) is 15.1 Å². The molecule has 106 valence electrons. The smallest absolute Gasteiger partial charge is 0.335 e. The summed E-state index contributed by atoms with van der Waals surface area (Å²) in [4.78, 5) is 10.9. The molecule has 0 aliphatic rings. The average molecular weight is 462 g/mol. The summed E-state index contributed by atoms with van der Waals surface area (Å²) in [6.07, 6.45) is 0. The number of ether oxygens (including phenoxy) is 1. The molecule has 0 atom stereocenters. The molecule has 0 saturated carbocycles. The Labute approximate surface area is 141 Å². The highest BCUT2D eigenvalue weighted by molar-refractivity contribution is 14.1. The quantitative estimate of drug-likeness (QED) is 0.680. The second-order valence-corrected chi connectivity index (χ2v) is 5.86. The summed E-state index contributed by atoms with van der Waals surface area (Å²) in [5.74, 6) is -1.68. The molecule has 0 saturated heterocycles. The standard InChI is InChI=1S/C14H6BrFINO3/c15-12-8(6-18)2-4-10(13(12)16)21-11-5-7(14(19)20)1-3-9(11)17/h1-5H,(H,19,20). The number of rotatable bonds is 3. The molecule has 0 spiro atoms. The van der Waals surface area contributed by atoms with E-state index in [1.54, 1.807) is 6.07 Å². The highest BCUT2D eigenvalue weighted by atomic mass is 127. The van der Waals surface area contributed by atoms with Gasteiger partial charge < -0.3 is 9.84 Å². The fourth-order valence-corrected chi connectivity index (χ4v) is 2.39. The Hall–Kier alpha value is -1.66. The van der Waals surface area contributed by atoms with Gasteiger partial charge in [-0.2, -0.15) is 5.26 Å². The van der Waals surface area contributed by atoms with Crippen LogP contribution in [0, 0.1) is 20.7 Å². The zero-order valence-corrected chi connectivity index (χ0v) is 14.0. The van der Waals surface area contributed by atoms with E-state index in [9.17, 15) is 9.18 Å². The molecule has 0 bridgehead atoms. The van der Waals surface area contributed by atoms with Gasteiger partial charge in [-0.1, -0.05) is 0 Å². The number of nitrogens with zero attached hydrogens (tertiary/aromatic N) is 1. The average Bonchev–Trinajstić information content (AvgIpc) is 2.46. The van der Waals surface area contributed by atoms with E-state index in [-0.39, 0.29) is 27.1 Å². The monoisotopic (exact) mass is 461 g/mol. The van der Waals surface area contributed by atoms with Gasteiger partial charge in [0, 0.05) is 0 Å². The van der Waals surface area contributed by atoms with E-state index in [0.29, 0.717) is 3.57 Å². The minimum atomic E-state index is -1.10. The van der Waals surface area contributed by atoms with Crippen molar-refractivity contribution in [3.05, 3.63) is 55.3 Å². The van der Waals surface area contributed by atoms with Crippen molar-refractivity contribution in [3.8, 4) is 17.6 Å². The number of hydrogen-bond donors (Lipinski definition) is 1. The maximum absolute atomic E-state index is 14.1. The molecule has 2 rings (SSSR count). The molecule has 0 heterocycles. The van der Waals surface area contributed by atoms with Gasteiger partial charge in [-0.05, 0) is 68.9 Å². The SMILES string of the molecule is N#Cc1ccc(Oc2cc(C(=O)O)ccc2I)c(F)c1Br. The summed E-state index contributed by atoms with van der Waals surface area (Å²) >= 11 is 4.94. The van der Waals surface area contributed by atoms with Crippen LogP contribution in [0.2, 0.25) is 0 Å². The summed E-state index contributed by atoms with van der Waals surface area (Å²) < 4.78 is 20.2. The van der Waals surface area contributed by atoms with Crippen LogP contribution in [0.4, 0.5) is 4.39 Å². The number of halogens is 3. The van der Waals surface area contributed by atoms with Gasteiger partial charge in [0.1, 0.15) is 11.8 Å². The number of hydrogen-bond acceptors (Lipinski definition) is 3. The number of carboxylic acid groups (broad SMARTS) is 1. The normalized spacial score (nSPS) is 10.0. The van der Waals surface area contributed by atoms with E-state index in [1.807, 2.05) is 28.7 Å². The lowest BCUT2D eigenvalue weighted by Gasteiger charge is -2.10. The summed E-state index contributed by atoms with van der Waals surface area (Å²) in [5.41, 5.74) is 0.187. The Bertz CT molecular complexity index is 774. The molecule has 2 aromatic rings. The first-order valence-corrected chi connectivity index (χ1v) is 7.40. The van der Waals surface area contributed by atoms with Crippen molar-refractivity contribution < 1.29 is 19.0 Å². The predicted octanol–water partition coefficient (Wildman–Crippen LogP) is 4.55. The maximum atomic E-state index is 14.1. The van der Waals surface area contributed by atoms with Gasteiger partial charge in [0.2, 0.25) is 0 Å². The fraction of sp³-hybridized carbons (Fsp3) is 0. The summed E-state index contributed by atoms with van der Waals surface area (Å²) in [5, 5.41) is 17.8. The number of aromatic carboxylic acids is 1. The van der Waals surface area contributed by atoms with Crippen molar-refractivity contribution in [1.29, 1.82) is 5.26 Å². The topological polar surface area (TPSA) is 70.3 Å². The van der Waals surface area contributed by atoms with Crippen molar-refractivity contribution in [2.24, 2.45) is 0 Å². The molecule has 7 heteroatoms. The molecule has 0 aliphatic heterocycles. The molecule has 0 amide bonds. The predicted molar refractivity (Wildman–Crippen MR) is 85.0 cm³/mol. The summed E-state index contributed by atoms with van der Waals surface area (Å²) in [6, 6.07) is 8.89. The summed E-state index contributed by atoms with van der Waals surface area (Å²) in [7, 11) is 0. The van der Waals surface area contributed by atoms with Crippen LogP contribution >= 0.6 is 38.5 Å². The third-order valence-corrected chi connectivity index (χ3v) is 4.23. The number of benzene rings is 2. The fourth-order valence-electron chi connectivity index (χ4n) is 1.53. The Balaban J connectivity index is 2.44. The van der Waals surface area contributed by atoms with E-state index in [1.165, 1.54) is 24.3 Å². The first kappa shape index (κ1) is 15.7. The molecule has 1 N–H and O–H groups in total. The largest absolute Gasteiger partial charge is 0.478 e. The molecule has 4 nitrogen and oxygen atoms in total. The molecule has 2 aromatic carbocycles. The first-order chi connectivity index (χ1) is 9.93. The Morgan fingerprint density at radius 2 is 2.05 bits per heavy atom. The lowest BCUT2D eigenvalue weighted by molar-refractivity contribution is 0.0696. The third-order valence-electron chi connectivity index (χ3n) is 2.57. The zero-order chi connectivity index (χ0) is 15.6. The number of carboxylic acids is 1. The maximum Gasteiger partial charge on any atom is 0.335 e. The van der Waals surface area contributed by atoms with Crippen molar-refractivity contribution >= 4 is 44.5 Å². The van der Waals surface area contributed by atoms with Crippen molar-refractivity contribution in [3.63, 3.8) is 0 Å². The van der Waals surface area contributed by atoms with Crippen LogP contribution in [0.5, 0.6) is 11.5 Å². The molecule has 21 heavy (non-hydrogen) atoms. The van der Waals surface area contributed by atoms with E-state index in [2.05, 4.69) is 15.9 Å². The van der Waals surface area contributed by atoms with Crippen LogP contribution in [0.15, 0.2) is 34.8 Å². The Morgan fingerprint density at radius 3 is 2.67 bits per heavy atom. The Kier molecular flexibility index (Phi) is 4.80. The van der Waals surface area contributed by atoms with Crippen LogP contribution in [-0.4, -0.2) is 11.1 Å². The minimum Gasteiger partial charge on any atom is -0.478 e. The van der Waals surface area contributed by atoms with Gasteiger partial charge in [-0.25, -0.2) is 9.18 Å². The van der Waals surface area contributed by atoms with E-state index < -0.39 is 11.8 Å². The molecular weight excluding hydrogens is 456 g/mol. The molecule has 0 aromatic heterocycles. The molecule has 0 fully saturated rings. The van der Waals surface area contributed by atoms with Crippen LogP contribution in [0.1, 0.15) is 15.9 Å². The van der Waals surface area contributed by atoms with Crippen molar-refractivity contribution in [1.82, 2.24) is 0 Å². The minimum absolute atomic E-state index is 0.00639. The van der Waals surface area contributed by atoms with Crippen LogP contribution in [0.25, 0.3) is 0 Å². The lowest BCUT2D eigenvalue weighted by Crippen LogP contribution is -1.99. The van der Waals surface area contributed by atoms with Gasteiger partial charge in [0.25, 0.3) is 0 Å².